The molecule has 106 valence electrons. The van der Waals surface area contributed by atoms with Crippen molar-refractivity contribution in [1.29, 1.82) is 0 Å². The average Bonchev–Trinajstić information content (AvgIpc) is 2.94. The number of nitrogens with one attached hydrogen (secondary N) is 1. The molecule has 4 nitrogen and oxygen atoms in total. The molecule has 3 rings (SSSR count). The van der Waals surface area contributed by atoms with Crippen molar-refractivity contribution in [1.82, 2.24) is 10.2 Å². The largest absolute Gasteiger partial charge is 0.507 e. The summed E-state index contributed by atoms with van der Waals surface area (Å²) < 4.78 is 1.25. The highest BCUT2D eigenvalue weighted by Gasteiger charge is 2.09. The van der Waals surface area contributed by atoms with Gasteiger partial charge in [0.15, 0.2) is 0 Å². The number of rotatable bonds is 2. The van der Waals surface area contributed by atoms with Crippen molar-refractivity contribution < 1.29 is 10.2 Å². The topological polar surface area (TPSA) is 69.1 Å². The average molecular weight is 410 g/mol. The van der Waals surface area contributed by atoms with E-state index in [0.29, 0.717) is 8.95 Å². The monoisotopic (exact) mass is 408 g/mol. The molecule has 1 heterocycles. The molecule has 0 aliphatic heterocycles. The third-order valence-corrected chi connectivity index (χ3v) is 4.35. The molecule has 0 radical (unpaired) electrons. The number of phenols is 2. The number of aromatic hydroxyl groups is 2. The van der Waals surface area contributed by atoms with E-state index in [1.165, 1.54) is 0 Å². The lowest BCUT2D eigenvalue weighted by molar-refractivity contribution is 0.471. The summed E-state index contributed by atoms with van der Waals surface area (Å²) >= 11 is 6.58. The first kappa shape index (κ1) is 14.2. The Kier molecular flexibility index (Phi) is 3.73. The summed E-state index contributed by atoms with van der Waals surface area (Å²) in [6.45, 7) is 0. The molecule has 1 aromatic heterocycles. The molecule has 0 amide bonds. The van der Waals surface area contributed by atoms with E-state index >= 15 is 0 Å². The van der Waals surface area contributed by atoms with Gasteiger partial charge in [0, 0.05) is 11.1 Å². The van der Waals surface area contributed by atoms with Crippen molar-refractivity contribution in [2.45, 2.75) is 0 Å². The molecule has 0 atom stereocenters. The maximum atomic E-state index is 9.53. The highest BCUT2D eigenvalue weighted by molar-refractivity contribution is 9.10. The van der Waals surface area contributed by atoms with E-state index in [1.807, 2.05) is 24.3 Å². The smallest absolute Gasteiger partial charge is 0.129 e. The SMILES string of the molecule is Oc1ccc(-c2cc(-c3ccc(O)c(Br)c3)[nH]n2)cc1Br. The number of hydrogen-bond donors (Lipinski definition) is 3. The minimum Gasteiger partial charge on any atom is -0.507 e. The zero-order valence-electron chi connectivity index (χ0n) is 10.6. The molecule has 0 saturated heterocycles. The van der Waals surface area contributed by atoms with Gasteiger partial charge in [-0.1, -0.05) is 0 Å². The van der Waals surface area contributed by atoms with Gasteiger partial charge < -0.3 is 10.2 Å². The summed E-state index contributed by atoms with van der Waals surface area (Å²) in [7, 11) is 0. The molecule has 2 aromatic carbocycles. The number of halogens is 2. The Morgan fingerprint density at radius 3 is 2.00 bits per heavy atom. The van der Waals surface area contributed by atoms with Crippen molar-refractivity contribution >= 4 is 31.9 Å². The second kappa shape index (κ2) is 5.54. The van der Waals surface area contributed by atoms with Gasteiger partial charge in [-0.05, 0) is 74.3 Å². The van der Waals surface area contributed by atoms with Gasteiger partial charge in [0.05, 0.1) is 20.3 Å². The Hall–Kier alpha value is -1.79. The molecule has 0 aliphatic carbocycles. The van der Waals surface area contributed by atoms with Gasteiger partial charge in [0.25, 0.3) is 0 Å². The number of aromatic nitrogens is 2. The Balaban J connectivity index is 1.99. The number of aromatic amines is 1. The second-order valence-electron chi connectivity index (χ2n) is 4.50. The molecular formula is C15H10Br2N2O2. The first-order valence-electron chi connectivity index (χ1n) is 6.08. The third kappa shape index (κ3) is 2.82. The Morgan fingerprint density at radius 1 is 0.810 bits per heavy atom. The van der Waals surface area contributed by atoms with E-state index in [-0.39, 0.29) is 11.5 Å². The van der Waals surface area contributed by atoms with Gasteiger partial charge in [-0.25, -0.2) is 0 Å². The summed E-state index contributed by atoms with van der Waals surface area (Å²) in [4.78, 5) is 0. The van der Waals surface area contributed by atoms with Crippen LogP contribution in [0.3, 0.4) is 0 Å². The van der Waals surface area contributed by atoms with Crippen LogP contribution in [0.15, 0.2) is 51.4 Å². The molecule has 21 heavy (non-hydrogen) atoms. The van der Waals surface area contributed by atoms with Crippen molar-refractivity contribution in [3.05, 3.63) is 51.4 Å². The fraction of sp³-hybridized carbons (Fsp3) is 0. The maximum absolute atomic E-state index is 9.53. The van der Waals surface area contributed by atoms with Crippen molar-refractivity contribution in [3.8, 4) is 34.0 Å². The van der Waals surface area contributed by atoms with Crippen LogP contribution in [0, 0.1) is 0 Å². The minimum absolute atomic E-state index is 0.192. The Labute approximate surface area is 137 Å². The molecule has 3 N–H and O–H groups in total. The molecule has 0 aliphatic rings. The van der Waals surface area contributed by atoms with Crippen LogP contribution >= 0.6 is 31.9 Å². The van der Waals surface area contributed by atoms with Crippen LogP contribution < -0.4 is 0 Å². The third-order valence-electron chi connectivity index (χ3n) is 3.08. The number of nitrogens with zero attached hydrogens (tertiary/aromatic N) is 1. The lowest BCUT2D eigenvalue weighted by atomic mass is 10.1. The molecule has 0 spiro atoms. The molecule has 3 aromatic rings. The van der Waals surface area contributed by atoms with Crippen molar-refractivity contribution in [3.63, 3.8) is 0 Å². The maximum Gasteiger partial charge on any atom is 0.129 e. The van der Waals surface area contributed by atoms with Crippen LogP contribution in [0.25, 0.3) is 22.5 Å². The Bertz CT molecular complexity index is 749. The van der Waals surface area contributed by atoms with Crippen LogP contribution in [0.4, 0.5) is 0 Å². The number of benzene rings is 2. The molecule has 0 saturated carbocycles. The van der Waals surface area contributed by atoms with Gasteiger partial charge in [-0.3, -0.25) is 5.10 Å². The zero-order chi connectivity index (χ0) is 15.0. The summed E-state index contributed by atoms with van der Waals surface area (Å²) in [6, 6.07) is 12.4. The van der Waals surface area contributed by atoms with E-state index in [2.05, 4.69) is 42.1 Å². The van der Waals surface area contributed by atoms with Gasteiger partial charge in [-0.15, -0.1) is 0 Å². The molecule has 6 heteroatoms. The van der Waals surface area contributed by atoms with E-state index in [1.54, 1.807) is 18.2 Å². The lowest BCUT2D eigenvalue weighted by Gasteiger charge is -2.01. The van der Waals surface area contributed by atoms with Crippen LogP contribution in [0.1, 0.15) is 0 Å². The Morgan fingerprint density at radius 2 is 1.38 bits per heavy atom. The summed E-state index contributed by atoms with van der Waals surface area (Å²) in [5.41, 5.74) is 3.42. The van der Waals surface area contributed by atoms with Gasteiger partial charge in [0.1, 0.15) is 11.5 Å². The predicted molar refractivity (Wildman–Crippen MR) is 88.2 cm³/mol. The fourth-order valence-corrected chi connectivity index (χ4v) is 2.72. The number of phenolic OH excluding ortho intramolecular Hbond substituents is 2. The quantitative estimate of drug-likeness (QED) is 0.575. The summed E-state index contributed by atoms with van der Waals surface area (Å²) in [6.07, 6.45) is 0. The zero-order valence-corrected chi connectivity index (χ0v) is 13.8. The normalized spacial score (nSPS) is 10.8. The molecular weight excluding hydrogens is 400 g/mol. The second-order valence-corrected chi connectivity index (χ2v) is 6.21. The first-order chi connectivity index (χ1) is 10.0. The van der Waals surface area contributed by atoms with Gasteiger partial charge in [0.2, 0.25) is 0 Å². The fourth-order valence-electron chi connectivity index (χ4n) is 1.96. The van der Waals surface area contributed by atoms with Gasteiger partial charge >= 0.3 is 0 Å². The van der Waals surface area contributed by atoms with E-state index < -0.39 is 0 Å². The molecule has 0 bridgehead atoms. The highest BCUT2D eigenvalue weighted by atomic mass is 79.9. The van der Waals surface area contributed by atoms with E-state index in [9.17, 15) is 10.2 Å². The summed E-state index contributed by atoms with van der Waals surface area (Å²) in [5.74, 6) is 0.387. The predicted octanol–water partition coefficient (Wildman–Crippen LogP) is 4.68. The van der Waals surface area contributed by atoms with Crippen LogP contribution in [-0.4, -0.2) is 20.4 Å². The van der Waals surface area contributed by atoms with Crippen molar-refractivity contribution in [2.75, 3.05) is 0 Å². The standard InChI is InChI=1S/C15H10Br2N2O2/c16-10-5-8(1-3-14(10)20)12-7-13(19-18-12)9-2-4-15(21)11(17)6-9/h1-7,20-21H,(H,18,19). The van der Waals surface area contributed by atoms with Gasteiger partial charge in [-0.2, -0.15) is 5.10 Å². The number of hydrogen-bond acceptors (Lipinski definition) is 3. The highest BCUT2D eigenvalue weighted by Crippen LogP contribution is 2.32. The molecule has 0 fully saturated rings. The van der Waals surface area contributed by atoms with E-state index in [0.717, 1.165) is 22.5 Å². The van der Waals surface area contributed by atoms with Crippen LogP contribution in [0.2, 0.25) is 0 Å². The minimum atomic E-state index is 0.192. The van der Waals surface area contributed by atoms with E-state index in [4.69, 9.17) is 0 Å². The summed E-state index contributed by atoms with van der Waals surface area (Å²) in [5, 5.41) is 26.3. The number of H-pyrrole nitrogens is 1. The van der Waals surface area contributed by atoms with Crippen LogP contribution in [0.5, 0.6) is 11.5 Å². The van der Waals surface area contributed by atoms with Crippen LogP contribution in [-0.2, 0) is 0 Å². The lowest BCUT2D eigenvalue weighted by Crippen LogP contribution is -1.78. The van der Waals surface area contributed by atoms with Crippen molar-refractivity contribution in [2.24, 2.45) is 0 Å². The molecule has 0 unspecified atom stereocenters. The first-order valence-corrected chi connectivity index (χ1v) is 7.66.